The highest BCUT2D eigenvalue weighted by molar-refractivity contribution is 7.94. The highest BCUT2D eigenvalue weighted by Gasteiger charge is 2.42. The lowest BCUT2D eigenvalue weighted by molar-refractivity contribution is -0.119. The summed E-state index contributed by atoms with van der Waals surface area (Å²) >= 11 is 6.19. The molecule has 152 valence electrons. The van der Waals surface area contributed by atoms with Gasteiger partial charge in [-0.1, -0.05) is 30.7 Å². The number of para-hydroxylation sites is 1. The molecule has 2 aromatic carbocycles. The van der Waals surface area contributed by atoms with Gasteiger partial charge >= 0.3 is 5.97 Å². The van der Waals surface area contributed by atoms with Crippen LogP contribution in [0.15, 0.2) is 42.5 Å². The van der Waals surface area contributed by atoms with Crippen molar-refractivity contribution in [3.63, 3.8) is 0 Å². The van der Waals surface area contributed by atoms with Gasteiger partial charge in [-0.3, -0.25) is 9.59 Å². The van der Waals surface area contributed by atoms with Crippen LogP contribution in [0.1, 0.15) is 27.6 Å². The molecule has 29 heavy (non-hydrogen) atoms. The molecular weight excluding hydrogens is 420 g/mol. The lowest BCUT2D eigenvalue weighted by atomic mass is 10.1. The van der Waals surface area contributed by atoms with E-state index in [4.69, 9.17) is 11.6 Å². The molecule has 2 aromatic rings. The number of nitrogens with zero attached hydrogens (tertiary/aromatic N) is 1. The molecule has 0 spiro atoms. The zero-order chi connectivity index (χ0) is 21.3. The van der Waals surface area contributed by atoms with Crippen LogP contribution in [0.4, 0.5) is 11.4 Å². The molecule has 0 unspecified atom stereocenters. The molecule has 1 aliphatic heterocycles. The van der Waals surface area contributed by atoms with Crippen LogP contribution in [0.25, 0.3) is 0 Å². The first-order valence-corrected chi connectivity index (χ1v) is 10.5. The maximum Gasteiger partial charge on any atom is 0.339 e. The highest BCUT2D eigenvalue weighted by atomic mass is 35.5. The first kappa shape index (κ1) is 20.8. The van der Waals surface area contributed by atoms with Gasteiger partial charge in [-0.05, 0) is 30.3 Å². The molecule has 1 heterocycles. The van der Waals surface area contributed by atoms with E-state index in [1.54, 1.807) is 12.1 Å². The van der Waals surface area contributed by atoms with Gasteiger partial charge < -0.3 is 10.1 Å². The molecule has 1 fully saturated rings. The lowest BCUT2D eigenvalue weighted by Gasteiger charge is -2.16. The summed E-state index contributed by atoms with van der Waals surface area (Å²) in [5.41, 5.74) is 0.512. The van der Waals surface area contributed by atoms with Crippen molar-refractivity contribution in [2.75, 3.05) is 22.5 Å². The summed E-state index contributed by atoms with van der Waals surface area (Å²) in [5.74, 6) is -2.71. The monoisotopic (exact) mass is 436 g/mol. The van der Waals surface area contributed by atoms with Gasteiger partial charge in [0.1, 0.15) is 0 Å². The summed E-state index contributed by atoms with van der Waals surface area (Å²) in [5, 5.41) is 2.54. The second-order valence-electron chi connectivity index (χ2n) is 6.44. The topological polar surface area (TPSA) is 110 Å². The summed E-state index contributed by atoms with van der Waals surface area (Å²) in [6, 6.07) is 10.2. The van der Waals surface area contributed by atoms with Crippen molar-refractivity contribution in [2.24, 2.45) is 5.92 Å². The number of carbonyl (C=O) groups is 3. The number of amides is 2. The fourth-order valence-corrected chi connectivity index (χ4v) is 5.04. The maximum absolute atomic E-state index is 12.6. The molecule has 0 radical (unpaired) electrons. The Bertz CT molecular complexity index is 1120. The Balaban J connectivity index is 1.89. The number of carbonyl (C=O) groups excluding carboxylic acids is 3. The summed E-state index contributed by atoms with van der Waals surface area (Å²) < 4.78 is 29.8. The van der Waals surface area contributed by atoms with E-state index in [9.17, 15) is 22.8 Å². The van der Waals surface area contributed by atoms with Crippen molar-refractivity contribution >= 4 is 50.8 Å². The van der Waals surface area contributed by atoms with E-state index < -0.39 is 33.7 Å². The third kappa shape index (κ3) is 3.96. The third-order valence-corrected chi connectivity index (χ3v) is 6.55. The summed E-state index contributed by atoms with van der Waals surface area (Å²) in [4.78, 5) is 36.7. The average Bonchev–Trinajstić information content (AvgIpc) is 2.88. The Morgan fingerprint density at radius 2 is 1.86 bits per heavy atom. The van der Waals surface area contributed by atoms with E-state index in [1.165, 1.54) is 44.4 Å². The fourth-order valence-electron chi connectivity index (χ4n) is 2.97. The van der Waals surface area contributed by atoms with Gasteiger partial charge in [0, 0.05) is 0 Å². The molecule has 1 saturated heterocycles. The van der Waals surface area contributed by atoms with Crippen molar-refractivity contribution in [2.45, 2.75) is 6.92 Å². The van der Waals surface area contributed by atoms with Crippen LogP contribution in [0.2, 0.25) is 5.02 Å². The van der Waals surface area contributed by atoms with Gasteiger partial charge in [0.25, 0.3) is 5.91 Å². The quantitative estimate of drug-likeness (QED) is 0.738. The van der Waals surface area contributed by atoms with Gasteiger partial charge in [0.05, 0.1) is 46.3 Å². The number of hydrogen-bond acceptors (Lipinski definition) is 6. The molecule has 1 atom stereocenters. The van der Waals surface area contributed by atoms with Crippen molar-refractivity contribution in [1.82, 2.24) is 0 Å². The number of hydrogen-bond donors (Lipinski definition) is 1. The molecule has 10 heteroatoms. The van der Waals surface area contributed by atoms with Crippen molar-refractivity contribution in [3.8, 4) is 0 Å². The Labute approximate surface area is 172 Å². The maximum atomic E-state index is 12.6. The van der Waals surface area contributed by atoms with E-state index in [0.29, 0.717) is 4.31 Å². The fraction of sp³-hybridized carbons (Fsp3) is 0.211. The van der Waals surface area contributed by atoms with Crippen LogP contribution in [0.3, 0.4) is 0 Å². The summed E-state index contributed by atoms with van der Waals surface area (Å²) in [6.45, 7) is 1.53. The number of esters is 1. The van der Waals surface area contributed by atoms with Gasteiger partial charge in [-0.25, -0.2) is 17.5 Å². The lowest BCUT2D eigenvalue weighted by Crippen LogP contribution is -2.30. The average molecular weight is 437 g/mol. The molecule has 0 bridgehead atoms. The molecule has 3 rings (SSSR count). The van der Waals surface area contributed by atoms with Crippen LogP contribution >= 0.6 is 11.6 Å². The van der Waals surface area contributed by atoms with E-state index in [-0.39, 0.29) is 33.3 Å². The van der Waals surface area contributed by atoms with Crippen LogP contribution in [0, 0.1) is 5.92 Å². The van der Waals surface area contributed by atoms with Crippen LogP contribution in [-0.2, 0) is 19.6 Å². The zero-order valence-corrected chi connectivity index (χ0v) is 17.1. The molecule has 0 aromatic heterocycles. The SMILES string of the molecule is COC(=O)c1ccccc1NC(=O)c1ccc(N2C(=O)[C@@H](C)CS2(=O)=O)cc1Cl. The number of benzene rings is 2. The van der Waals surface area contributed by atoms with E-state index in [2.05, 4.69) is 10.1 Å². The van der Waals surface area contributed by atoms with Gasteiger partial charge in [0.2, 0.25) is 15.9 Å². The number of methoxy groups -OCH3 is 1. The first-order chi connectivity index (χ1) is 13.7. The second kappa shape index (κ2) is 7.84. The van der Waals surface area contributed by atoms with Crippen LogP contribution in [-0.4, -0.2) is 39.1 Å². The molecule has 2 amide bonds. The number of rotatable bonds is 4. The first-order valence-electron chi connectivity index (χ1n) is 8.51. The largest absolute Gasteiger partial charge is 0.465 e. The molecule has 1 N–H and O–H groups in total. The number of anilines is 2. The summed E-state index contributed by atoms with van der Waals surface area (Å²) in [6.07, 6.45) is 0. The second-order valence-corrected chi connectivity index (χ2v) is 8.71. The molecule has 1 aliphatic rings. The van der Waals surface area contributed by atoms with E-state index >= 15 is 0 Å². The highest BCUT2D eigenvalue weighted by Crippen LogP contribution is 2.31. The van der Waals surface area contributed by atoms with Gasteiger partial charge in [0.15, 0.2) is 0 Å². The van der Waals surface area contributed by atoms with E-state index in [1.807, 2.05) is 0 Å². The standard InChI is InChI=1S/C19H17ClN2O6S/c1-11-10-29(26,27)22(18(11)24)12-7-8-13(15(20)9-12)17(23)21-16-6-4-3-5-14(16)19(25)28-2/h3-9,11H,10H2,1-2H3,(H,21,23)/t11-/m0/s1. The zero-order valence-electron chi connectivity index (χ0n) is 15.5. The summed E-state index contributed by atoms with van der Waals surface area (Å²) in [7, 11) is -2.55. The number of nitrogens with one attached hydrogen (secondary N) is 1. The van der Waals surface area contributed by atoms with Crippen LogP contribution in [0.5, 0.6) is 0 Å². The van der Waals surface area contributed by atoms with Gasteiger partial charge in [-0.2, -0.15) is 0 Å². The smallest absolute Gasteiger partial charge is 0.339 e. The minimum absolute atomic E-state index is 0.0434. The van der Waals surface area contributed by atoms with Crippen molar-refractivity contribution < 1.29 is 27.5 Å². The number of ether oxygens (including phenoxy) is 1. The Hall–Kier alpha value is -2.91. The van der Waals surface area contributed by atoms with Gasteiger partial charge in [-0.15, -0.1) is 0 Å². The molecule has 0 aliphatic carbocycles. The molecular formula is C19H17ClN2O6S. The predicted molar refractivity (Wildman–Crippen MR) is 108 cm³/mol. The Morgan fingerprint density at radius 1 is 1.17 bits per heavy atom. The van der Waals surface area contributed by atoms with Crippen LogP contribution < -0.4 is 9.62 Å². The Kier molecular flexibility index (Phi) is 5.63. The molecule has 0 saturated carbocycles. The van der Waals surface area contributed by atoms with Crippen molar-refractivity contribution in [1.29, 1.82) is 0 Å². The number of halogens is 1. The predicted octanol–water partition coefficient (Wildman–Crippen LogP) is 2.69. The normalized spacial score (nSPS) is 17.8. The third-order valence-electron chi connectivity index (χ3n) is 4.37. The molecule has 8 nitrogen and oxygen atoms in total. The minimum Gasteiger partial charge on any atom is -0.465 e. The minimum atomic E-state index is -3.78. The number of sulfonamides is 1. The van der Waals surface area contributed by atoms with E-state index in [0.717, 1.165) is 0 Å². The van der Waals surface area contributed by atoms with Crippen molar-refractivity contribution in [3.05, 3.63) is 58.6 Å². The Morgan fingerprint density at radius 3 is 2.45 bits per heavy atom.